The zero-order valence-corrected chi connectivity index (χ0v) is 11.7. The predicted molar refractivity (Wildman–Crippen MR) is 76.8 cm³/mol. The minimum Gasteiger partial charge on any atom is -0.493 e. The van der Waals surface area contributed by atoms with Crippen molar-refractivity contribution in [3.05, 3.63) is 59.1 Å². The molecule has 2 rings (SSSR count). The van der Waals surface area contributed by atoms with Crippen LogP contribution in [0, 0.1) is 0 Å². The number of ether oxygens (including phenoxy) is 1. The number of benzene rings is 2. The normalized spacial score (nSPS) is 10.2. The van der Waals surface area contributed by atoms with Crippen LogP contribution in [0.4, 0.5) is 0 Å². The molecule has 0 spiro atoms. The van der Waals surface area contributed by atoms with Gasteiger partial charge in [-0.15, -0.1) is 11.8 Å². The van der Waals surface area contributed by atoms with E-state index in [1.165, 1.54) is 4.90 Å². The second-order valence-electron chi connectivity index (χ2n) is 3.46. The van der Waals surface area contributed by atoms with Crippen molar-refractivity contribution in [3.63, 3.8) is 0 Å². The molecule has 17 heavy (non-hydrogen) atoms. The number of hydrogen-bond donors (Lipinski definition) is 0. The van der Waals surface area contributed by atoms with Crippen molar-refractivity contribution in [2.45, 2.75) is 4.90 Å². The average Bonchev–Trinajstić information content (AvgIpc) is 2.38. The third-order valence-corrected chi connectivity index (χ3v) is 3.68. The van der Waals surface area contributed by atoms with E-state index in [1.54, 1.807) is 11.8 Å². The van der Waals surface area contributed by atoms with Crippen LogP contribution in [0.2, 0.25) is 0 Å². The van der Waals surface area contributed by atoms with E-state index in [2.05, 4.69) is 40.2 Å². The second kappa shape index (κ2) is 6.72. The third-order valence-electron chi connectivity index (χ3n) is 2.18. The highest BCUT2D eigenvalue weighted by atomic mass is 79.9. The Morgan fingerprint density at radius 2 is 1.65 bits per heavy atom. The lowest BCUT2D eigenvalue weighted by Crippen LogP contribution is -1.99. The summed E-state index contributed by atoms with van der Waals surface area (Å²) in [5.74, 6) is 1.89. The van der Waals surface area contributed by atoms with E-state index in [1.807, 2.05) is 30.3 Å². The number of para-hydroxylation sites is 1. The summed E-state index contributed by atoms with van der Waals surface area (Å²) in [6.07, 6.45) is 0. The van der Waals surface area contributed by atoms with Gasteiger partial charge in [-0.05, 0) is 36.4 Å². The lowest BCUT2D eigenvalue weighted by Gasteiger charge is -2.05. The molecule has 0 radical (unpaired) electrons. The van der Waals surface area contributed by atoms with Gasteiger partial charge in [0.1, 0.15) is 5.75 Å². The zero-order valence-electron chi connectivity index (χ0n) is 9.30. The van der Waals surface area contributed by atoms with Gasteiger partial charge in [-0.1, -0.05) is 34.1 Å². The Kier molecular flexibility index (Phi) is 4.95. The van der Waals surface area contributed by atoms with Crippen molar-refractivity contribution in [1.82, 2.24) is 0 Å². The van der Waals surface area contributed by atoms with Crippen LogP contribution >= 0.6 is 27.7 Å². The predicted octanol–water partition coefficient (Wildman–Crippen LogP) is 4.62. The van der Waals surface area contributed by atoms with Crippen molar-refractivity contribution < 1.29 is 4.74 Å². The van der Waals surface area contributed by atoms with Gasteiger partial charge in [0.2, 0.25) is 0 Å². The summed E-state index contributed by atoms with van der Waals surface area (Å²) in [6, 6.07) is 18.2. The van der Waals surface area contributed by atoms with E-state index in [0.717, 1.165) is 22.6 Å². The van der Waals surface area contributed by atoms with Gasteiger partial charge in [0.25, 0.3) is 0 Å². The van der Waals surface area contributed by atoms with Gasteiger partial charge >= 0.3 is 0 Å². The Morgan fingerprint density at radius 3 is 2.35 bits per heavy atom. The molecule has 0 aliphatic carbocycles. The third kappa shape index (κ3) is 4.44. The first-order chi connectivity index (χ1) is 8.34. The standard InChI is InChI=1S/C14H13BrOS/c15-12-6-8-14(9-7-12)17-11-10-16-13-4-2-1-3-5-13/h1-9H,10-11H2. The molecular formula is C14H13BrOS. The maximum atomic E-state index is 5.62. The lowest BCUT2D eigenvalue weighted by atomic mass is 10.3. The summed E-state index contributed by atoms with van der Waals surface area (Å²) in [4.78, 5) is 1.27. The topological polar surface area (TPSA) is 9.23 Å². The summed E-state index contributed by atoms with van der Waals surface area (Å²) in [7, 11) is 0. The molecule has 0 aliphatic rings. The average molecular weight is 309 g/mol. The smallest absolute Gasteiger partial charge is 0.119 e. The molecule has 0 heterocycles. The van der Waals surface area contributed by atoms with E-state index in [0.29, 0.717) is 0 Å². The first-order valence-corrected chi connectivity index (χ1v) is 7.19. The van der Waals surface area contributed by atoms with E-state index in [-0.39, 0.29) is 0 Å². The molecule has 0 amide bonds. The number of rotatable bonds is 5. The molecule has 2 aromatic rings. The molecule has 0 saturated carbocycles. The second-order valence-corrected chi connectivity index (χ2v) is 5.55. The maximum Gasteiger partial charge on any atom is 0.119 e. The Bertz CT molecular complexity index is 442. The van der Waals surface area contributed by atoms with Gasteiger partial charge in [0, 0.05) is 15.1 Å². The quantitative estimate of drug-likeness (QED) is 0.589. The molecule has 0 unspecified atom stereocenters. The van der Waals surface area contributed by atoms with Crippen LogP contribution in [0.25, 0.3) is 0 Å². The van der Waals surface area contributed by atoms with Crippen LogP contribution in [-0.4, -0.2) is 12.4 Å². The van der Waals surface area contributed by atoms with Crippen LogP contribution in [0.5, 0.6) is 5.75 Å². The number of hydrogen-bond acceptors (Lipinski definition) is 2. The van der Waals surface area contributed by atoms with E-state index in [4.69, 9.17) is 4.74 Å². The zero-order chi connectivity index (χ0) is 11.9. The Balaban J connectivity index is 1.71. The van der Waals surface area contributed by atoms with Crippen LogP contribution in [0.1, 0.15) is 0 Å². The van der Waals surface area contributed by atoms with Crippen molar-refractivity contribution in [2.75, 3.05) is 12.4 Å². The SMILES string of the molecule is Brc1ccc(SCCOc2ccccc2)cc1. The van der Waals surface area contributed by atoms with E-state index >= 15 is 0 Å². The van der Waals surface area contributed by atoms with Crippen LogP contribution in [0.15, 0.2) is 64.0 Å². The van der Waals surface area contributed by atoms with Crippen LogP contribution in [-0.2, 0) is 0 Å². The molecule has 1 nitrogen and oxygen atoms in total. The molecule has 0 atom stereocenters. The van der Waals surface area contributed by atoms with Gasteiger partial charge in [0.15, 0.2) is 0 Å². The van der Waals surface area contributed by atoms with Crippen LogP contribution < -0.4 is 4.74 Å². The fraction of sp³-hybridized carbons (Fsp3) is 0.143. The van der Waals surface area contributed by atoms with Crippen LogP contribution in [0.3, 0.4) is 0 Å². The molecule has 0 aromatic heterocycles. The molecule has 0 fully saturated rings. The van der Waals surface area contributed by atoms with Crippen molar-refractivity contribution in [1.29, 1.82) is 0 Å². The highest BCUT2D eigenvalue weighted by molar-refractivity contribution is 9.10. The summed E-state index contributed by atoms with van der Waals surface area (Å²) in [5, 5.41) is 0. The van der Waals surface area contributed by atoms with Gasteiger partial charge < -0.3 is 4.74 Å². The molecule has 3 heteroatoms. The lowest BCUT2D eigenvalue weighted by molar-refractivity contribution is 0.344. The summed E-state index contributed by atoms with van der Waals surface area (Å²) < 4.78 is 6.73. The van der Waals surface area contributed by atoms with Crippen molar-refractivity contribution >= 4 is 27.7 Å². The number of thioether (sulfide) groups is 1. The Labute approximate surface area is 114 Å². The first-order valence-electron chi connectivity index (χ1n) is 5.41. The summed E-state index contributed by atoms with van der Waals surface area (Å²) in [6.45, 7) is 0.727. The fourth-order valence-corrected chi connectivity index (χ4v) is 2.36. The Hall–Kier alpha value is -0.930. The molecule has 0 saturated heterocycles. The molecule has 0 bridgehead atoms. The molecular weight excluding hydrogens is 296 g/mol. The van der Waals surface area contributed by atoms with E-state index in [9.17, 15) is 0 Å². The highest BCUT2D eigenvalue weighted by Gasteiger charge is 1.95. The molecule has 0 aliphatic heterocycles. The maximum absolute atomic E-state index is 5.62. The molecule has 88 valence electrons. The van der Waals surface area contributed by atoms with Crippen molar-refractivity contribution in [2.24, 2.45) is 0 Å². The minimum absolute atomic E-state index is 0.727. The Morgan fingerprint density at radius 1 is 0.941 bits per heavy atom. The molecule has 2 aromatic carbocycles. The van der Waals surface area contributed by atoms with Gasteiger partial charge in [-0.2, -0.15) is 0 Å². The first kappa shape index (κ1) is 12.5. The monoisotopic (exact) mass is 308 g/mol. The fourth-order valence-electron chi connectivity index (χ4n) is 1.37. The highest BCUT2D eigenvalue weighted by Crippen LogP contribution is 2.20. The van der Waals surface area contributed by atoms with Gasteiger partial charge in [-0.3, -0.25) is 0 Å². The van der Waals surface area contributed by atoms with Crippen molar-refractivity contribution in [3.8, 4) is 5.75 Å². The summed E-state index contributed by atoms with van der Waals surface area (Å²) in [5.41, 5.74) is 0. The summed E-state index contributed by atoms with van der Waals surface area (Å²) >= 11 is 5.23. The van der Waals surface area contributed by atoms with Gasteiger partial charge in [-0.25, -0.2) is 0 Å². The number of halogens is 1. The molecule has 0 N–H and O–H groups in total. The largest absolute Gasteiger partial charge is 0.493 e. The van der Waals surface area contributed by atoms with Gasteiger partial charge in [0.05, 0.1) is 6.61 Å². The van der Waals surface area contributed by atoms with E-state index < -0.39 is 0 Å². The minimum atomic E-state index is 0.727.